The van der Waals surface area contributed by atoms with Gasteiger partial charge >= 0.3 is 0 Å². The van der Waals surface area contributed by atoms with E-state index in [1.54, 1.807) is 18.3 Å². The zero-order chi connectivity index (χ0) is 12.3. The topological polar surface area (TPSA) is 52.2 Å². The normalized spacial score (nSPS) is 10.8. The minimum atomic E-state index is 0.285. The van der Waals surface area contributed by atoms with Crippen molar-refractivity contribution < 1.29 is 5.11 Å². The molecule has 0 saturated carbocycles. The molecule has 90 valence electrons. The molecule has 4 heteroatoms. The van der Waals surface area contributed by atoms with Gasteiger partial charge in [-0.15, -0.1) is 0 Å². The number of nitrogens with zero attached hydrogens (tertiary/aromatic N) is 2. The molecular formula is C13H17N3O. The van der Waals surface area contributed by atoms with E-state index in [4.69, 9.17) is 0 Å². The number of aromatic amines is 1. The molecule has 0 saturated heterocycles. The van der Waals surface area contributed by atoms with Crippen molar-refractivity contribution in [2.45, 2.75) is 26.4 Å². The Morgan fingerprint density at radius 3 is 2.82 bits per heavy atom. The largest absolute Gasteiger partial charge is 0.508 e. The summed E-state index contributed by atoms with van der Waals surface area (Å²) in [5, 5.41) is 9.52. The monoisotopic (exact) mass is 231 g/mol. The third kappa shape index (κ3) is 2.78. The second-order valence-electron chi connectivity index (χ2n) is 4.28. The summed E-state index contributed by atoms with van der Waals surface area (Å²) >= 11 is 0. The van der Waals surface area contributed by atoms with E-state index in [1.165, 1.54) is 0 Å². The number of rotatable bonds is 4. The molecule has 0 spiro atoms. The fourth-order valence-corrected chi connectivity index (χ4v) is 1.79. The van der Waals surface area contributed by atoms with Gasteiger partial charge in [0, 0.05) is 30.2 Å². The summed E-state index contributed by atoms with van der Waals surface area (Å²) in [4.78, 5) is 9.50. The Hall–Kier alpha value is -1.97. The Kier molecular flexibility index (Phi) is 3.32. The van der Waals surface area contributed by atoms with Crippen LogP contribution < -0.4 is 4.90 Å². The average Bonchev–Trinajstić information content (AvgIpc) is 2.78. The molecule has 0 aliphatic carbocycles. The van der Waals surface area contributed by atoms with Gasteiger partial charge in [-0.3, -0.25) is 0 Å². The summed E-state index contributed by atoms with van der Waals surface area (Å²) in [5.74, 6) is 1.20. The molecule has 0 amide bonds. The minimum Gasteiger partial charge on any atom is -0.508 e. The summed E-state index contributed by atoms with van der Waals surface area (Å²) in [7, 11) is 0. The van der Waals surface area contributed by atoms with E-state index in [2.05, 4.69) is 28.7 Å². The summed E-state index contributed by atoms with van der Waals surface area (Å²) in [5.41, 5.74) is 0.997. The van der Waals surface area contributed by atoms with Crippen LogP contribution in [0, 0.1) is 0 Å². The van der Waals surface area contributed by atoms with Crippen LogP contribution >= 0.6 is 0 Å². The Morgan fingerprint density at radius 2 is 2.24 bits per heavy atom. The Labute approximate surface area is 101 Å². The maximum Gasteiger partial charge on any atom is 0.125 e. The highest BCUT2D eigenvalue weighted by molar-refractivity contribution is 5.51. The molecule has 1 heterocycles. The van der Waals surface area contributed by atoms with Gasteiger partial charge in [-0.1, -0.05) is 6.07 Å². The molecule has 2 aromatic rings. The lowest BCUT2D eigenvalue weighted by molar-refractivity contribution is 0.475. The average molecular weight is 231 g/mol. The molecule has 1 aromatic heterocycles. The van der Waals surface area contributed by atoms with Crippen molar-refractivity contribution >= 4 is 5.69 Å². The molecule has 0 atom stereocenters. The maximum absolute atomic E-state index is 9.52. The molecule has 2 N–H and O–H groups in total. The van der Waals surface area contributed by atoms with Crippen molar-refractivity contribution in [2.75, 3.05) is 4.90 Å². The summed E-state index contributed by atoms with van der Waals surface area (Å²) < 4.78 is 0. The number of H-pyrrole nitrogens is 1. The van der Waals surface area contributed by atoms with Gasteiger partial charge in [0.15, 0.2) is 0 Å². The number of phenolic OH excluding ortho intramolecular Hbond substituents is 1. The lowest BCUT2D eigenvalue weighted by Gasteiger charge is -2.28. The third-order valence-corrected chi connectivity index (χ3v) is 2.66. The summed E-state index contributed by atoms with van der Waals surface area (Å²) in [6, 6.07) is 7.62. The lowest BCUT2D eigenvalue weighted by atomic mass is 10.2. The Balaban J connectivity index is 2.23. The van der Waals surface area contributed by atoms with E-state index in [9.17, 15) is 5.11 Å². The zero-order valence-electron chi connectivity index (χ0n) is 10.1. The van der Waals surface area contributed by atoms with Crippen LogP contribution in [0.25, 0.3) is 0 Å². The van der Waals surface area contributed by atoms with Gasteiger partial charge < -0.3 is 15.0 Å². The molecule has 0 fully saturated rings. The van der Waals surface area contributed by atoms with Crippen LogP contribution in [0.1, 0.15) is 19.7 Å². The number of phenols is 1. The number of aromatic nitrogens is 2. The molecule has 0 aliphatic rings. The van der Waals surface area contributed by atoms with Crippen LogP contribution in [0.4, 0.5) is 5.69 Å². The van der Waals surface area contributed by atoms with E-state index in [0.29, 0.717) is 12.6 Å². The van der Waals surface area contributed by atoms with Gasteiger partial charge in [0.25, 0.3) is 0 Å². The lowest BCUT2D eigenvalue weighted by Crippen LogP contribution is -2.30. The Bertz CT molecular complexity index is 465. The van der Waals surface area contributed by atoms with E-state index in [1.807, 2.05) is 18.3 Å². The van der Waals surface area contributed by atoms with Crippen molar-refractivity contribution in [2.24, 2.45) is 0 Å². The smallest absolute Gasteiger partial charge is 0.125 e. The first-order chi connectivity index (χ1) is 8.16. The Morgan fingerprint density at radius 1 is 1.41 bits per heavy atom. The fourth-order valence-electron chi connectivity index (χ4n) is 1.79. The van der Waals surface area contributed by atoms with Crippen molar-refractivity contribution in [1.29, 1.82) is 0 Å². The molecular weight excluding hydrogens is 214 g/mol. The number of hydrogen-bond donors (Lipinski definition) is 2. The van der Waals surface area contributed by atoms with Crippen molar-refractivity contribution in [3.05, 3.63) is 42.5 Å². The molecule has 0 aliphatic heterocycles. The predicted octanol–water partition coefficient (Wildman–Crippen LogP) is 2.53. The number of imidazole rings is 1. The van der Waals surface area contributed by atoms with Crippen molar-refractivity contribution in [1.82, 2.24) is 9.97 Å². The highest BCUT2D eigenvalue weighted by Gasteiger charge is 2.12. The highest BCUT2D eigenvalue weighted by Crippen LogP contribution is 2.23. The summed E-state index contributed by atoms with van der Waals surface area (Å²) in [6.45, 7) is 4.94. The van der Waals surface area contributed by atoms with Crippen LogP contribution in [0.5, 0.6) is 5.75 Å². The number of benzene rings is 1. The summed E-state index contributed by atoms with van der Waals surface area (Å²) in [6.07, 6.45) is 3.56. The highest BCUT2D eigenvalue weighted by atomic mass is 16.3. The number of nitrogens with one attached hydrogen (secondary N) is 1. The van der Waals surface area contributed by atoms with Crippen molar-refractivity contribution in [3.8, 4) is 5.75 Å². The van der Waals surface area contributed by atoms with Crippen LogP contribution in [0.15, 0.2) is 36.7 Å². The van der Waals surface area contributed by atoms with E-state index in [0.717, 1.165) is 11.5 Å². The molecule has 0 bridgehead atoms. The second-order valence-corrected chi connectivity index (χ2v) is 4.28. The van der Waals surface area contributed by atoms with E-state index >= 15 is 0 Å². The second kappa shape index (κ2) is 4.91. The van der Waals surface area contributed by atoms with E-state index in [-0.39, 0.29) is 5.75 Å². The van der Waals surface area contributed by atoms with Crippen LogP contribution in [-0.4, -0.2) is 21.1 Å². The first-order valence-corrected chi connectivity index (χ1v) is 5.71. The number of hydrogen-bond acceptors (Lipinski definition) is 3. The quantitative estimate of drug-likeness (QED) is 0.850. The van der Waals surface area contributed by atoms with Gasteiger partial charge in [0.05, 0.1) is 6.54 Å². The fraction of sp³-hybridized carbons (Fsp3) is 0.308. The van der Waals surface area contributed by atoms with Crippen LogP contribution in [-0.2, 0) is 6.54 Å². The SMILES string of the molecule is CC(C)N(Cc1ncc[nH]1)c1cccc(O)c1. The van der Waals surface area contributed by atoms with Crippen LogP contribution in [0.3, 0.4) is 0 Å². The molecule has 17 heavy (non-hydrogen) atoms. The maximum atomic E-state index is 9.52. The number of aromatic hydroxyl groups is 1. The van der Waals surface area contributed by atoms with Crippen molar-refractivity contribution in [3.63, 3.8) is 0 Å². The molecule has 0 radical (unpaired) electrons. The van der Waals surface area contributed by atoms with Gasteiger partial charge in [0.2, 0.25) is 0 Å². The van der Waals surface area contributed by atoms with Gasteiger partial charge in [-0.2, -0.15) is 0 Å². The van der Waals surface area contributed by atoms with Crippen LogP contribution in [0.2, 0.25) is 0 Å². The predicted molar refractivity (Wildman–Crippen MR) is 68.0 cm³/mol. The minimum absolute atomic E-state index is 0.285. The molecule has 4 nitrogen and oxygen atoms in total. The molecule has 2 rings (SSSR count). The number of anilines is 1. The van der Waals surface area contributed by atoms with Gasteiger partial charge in [-0.25, -0.2) is 4.98 Å². The first kappa shape index (κ1) is 11.5. The van der Waals surface area contributed by atoms with E-state index < -0.39 is 0 Å². The molecule has 0 unspecified atom stereocenters. The zero-order valence-corrected chi connectivity index (χ0v) is 10.1. The first-order valence-electron chi connectivity index (χ1n) is 5.71. The third-order valence-electron chi connectivity index (χ3n) is 2.66. The standard InChI is InChI=1S/C13H17N3O/c1-10(2)16(9-13-14-6-7-15-13)11-4-3-5-12(17)8-11/h3-8,10,17H,9H2,1-2H3,(H,14,15). The van der Waals surface area contributed by atoms with Gasteiger partial charge in [0.1, 0.15) is 11.6 Å². The van der Waals surface area contributed by atoms with Gasteiger partial charge in [-0.05, 0) is 26.0 Å². The molecule has 1 aromatic carbocycles.